The van der Waals surface area contributed by atoms with Gasteiger partial charge in [0.2, 0.25) is 5.91 Å². The smallest absolute Gasteiger partial charge is 0.218 e. The highest BCUT2D eigenvalue weighted by atomic mass is 16.1. The van der Waals surface area contributed by atoms with Crippen LogP contribution >= 0.6 is 0 Å². The van der Waals surface area contributed by atoms with Gasteiger partial charge in [0.05, 0.1) is 0 Å². The van der Waals surface area contributed by atoms with Crippen molar-refractivity contribution in [1.82, 2.24) is 4.90 Å². The Morgan fingerprint density at radius 2 is 2.36 bits per heavy atom. The first-order valence-electron chi connectivity index (χ1n) is 3.94. The maximum absolute atomic E-state index is 10.4. The molecule has 1 rings (SSSR count). The maximum Gasteiger partial charge on any atom is 0.218 e. The van der Waals surface area contributed by atoms with Gasteiger partial charge in [-0.05, 0) is 13.0 Å². The van der Waals surface area contributed by atoms with Crippen LogP contribution < -0.4 is 11.5 Å². The highest BCUT2D eigenvalue weighted by Crippen LogP contribution is 2.06. The number of likely N-dealkylation sites (tertiary alicyclic amines) is 1. The lowest BCUT2D eigenvalue weighted by Crippen LogP contribution is -2.29. The first kappa shape index (κ1) is 8.49. The minimum absolute atomic E-state index is 0.231. The lowest BCUT2D eigenvalue weighted by molar-refractivity contribution is -0.118. The van der Waals surface area contributed by atoms with E-state index >= 15 is 0 Å². The Morgan fingerprint density at radius 3 is 2.82 bits per heavy atom. The largest absolute Gasteiger partial charge is 0.370 e. The van der Waals surface area contributed by atoms with Crippen LogP contribution in [0.4, 0.5) is 0 Å². The Balaban J connectivity index is 2.13. The Kier molecular flexibility index (Phi) is 2.84. The molecule has 0 aromatic carbocycles. The molecule has 1 saturated heterocycles. The topological polar surface area (TPSA) is 72.4 Å². The zero-order valence-electron chi connectivity index (χ0n) is 6.62. The zero-order valence-corrected chi connectivity index (χ0v) is 6.62. The van der Waals surface area contributed by atoms with Crippen molar-refractivity contribution in [1.29, 1.82) is 0 Å². The van der Waals surface area contributed by atoms with Gasteiger partial charge in [0.15, 0.2) is 0 Å². The molecule has 4 heteroatoms. The third-order valence-electron chi connectivity index (χ3n) is 1.98. The summed E-state index contributed by atoms with van der Waals surface area (Å²) in [5, 5.41) is 0. The average molecular weight is 157 g/mol. The molecule has 0 bridgehead atoms. The Bertz CT molecular complexity index is 149. The SMILES string of the molecule is NC(=O)CCN1CC[C@@H](N)C1. The van der Waals surface area contributed by atoms with Crippen LogP contribution in [0.2, 0.25) is 0 Å². The van der Waals surface area contributed by atoms with Crippen molar-refractivity contribution in [2.45, 2.75) is 18.9 Å². The normalized spacial score (nSPS) is 25.7. The third kappa shape index (κ3) is 2.86. The second kappa shape index (κ2) is 3.69. The summed E-state index contributed by atoms with van der Waals surface area (Å²) in [6, 6.07) is 0.294. The molecule has 64 valence electrons. The van der Waals surface area contributed by atoms with Gasteiger partial charge >= 0.3 is 0 Å². The predicted octanol–water partition coefficient (Wildman–Crippen LogP) is -1.11. The summed E-state index contributed by atoms with van der Waals surface area (Å²) in [4.78, 5) is 12.6. The van der Waals surface area contributed by atoms with Crippen LogP contribution in [0, 0.1) is 0 Å². The molecule has 4 N–H and O–H groups in total. The number of amides is 1. The third-order valence-corrected chi connectivity index (χ3v) is 1.98. The van der Waals surface area contributed by atoms with Gasteiger partial charge in [0.25, 0.3) is 0 Å². The molecule has 0 aliphatic carbocycles. The van der Waals surface area contributed by atoms with Crippen LogP contribution in [-0.2, 0) is 4.79 Å². The fourth-order valence-electron chi connectivity index (χ4n) is 1.33. The van der Waals surface area contributed by atoms with E-state index in [0.29, 0.717) is 12.5 Å². The van der Waals surface area contributed by atoms with Gasteiger partial charge in [-0.15, -0.1) is 0 Å². The number of carbonyl (C=O) groups is 1. The van der Waals surface area contributed by atoms with E-state index in [1.807, 2.05) is 0 Å². The first-order chi connectivity index (χ1) is 5.18. The van der Waals surface area contributed by atoms with Crippen molar-refractivity contribution in [3.8, 4) is 0 Å². The van der Waals surface area contributed by atoms with Crippen molar-refractivity contribution < 1.29 is 4.79 Å². The molecule has 11 heavy (non-hydrogen) atoms. The lowest BCUT2D eigenvalue weighted by Gasteiger charge is -2.12. The quantitative estimate of drug-likeness (QED) is 0.546. The van der Waals surface area contributed by atoms with Crippen LogP contribution in [0.3, 0.4) is 0 Å². The molecule has 0 aromatic rings. The maximum atomic E-state index is 10.4. The molecule has 0 spiro atoms. The summed E-state index contributed by atoms with van der Waals surface area (Å²) in [5.74, 6) is -0.231. The van der Waals surface area contributed by atoms with E-state index in [9.17, 15) is 4.79 Å². The van der Waals surface area contributed by atoms with E-state index in [4.69, 9.17) is 11.5 Å². The van der Waals surface area contributed by atoms with Crippen molar-refractivity contribution in [2.24, 2.45) is 11.5 Å². The Hall–Kier alpha value is -0.610. The van der Waals surface area contributed by atoms with Gasteiger partial charge in [-0.1, -0.05) is 0 Å². The van der Waals surface area contributed by atoms with E-state index in [2.05, 4.69) is 4.90 Å². The van der Waals surface area contributed by atoms with E-state index < -0.39 is 0 Å². The highest BCUT2D eigenvalue weighted by Gasteiger charge is 2.18. The van der Waals surface area contributed by atoms with Gasteiger partial charge in [-0.25, -0.2) is 0 Å². The number of carbonyl (C=O) groups excluding carboxylic acids is 1. The monoisotopic (exact) mass is 157 g/mol. The molecule has 0 aromatic heterocycles. The fraction of sp³-hybridized carbons (Fsp3) is 0.857. The predicted molar refractivity (Wildman–Crippen MR) is 42.8 cm³/mol. The Morgan fingerprint density at radius 1 is 1.64 bits per heavy atom. The molecule has 1 aliphatic heterocycles. The molecule has 1 heterocycles. The summed E-state index contributed by atoms with van der Waals surface area (Å²) in [5.41, 5.74) is 10.7. The Labute approximate surface area is 66.5 Å². The summed E-state index contributed by atoms with van der Waals surface area (Å²) in [7, 11) is 0. The van der Waals surface area contributed by atoms with Crippen LogP contribution in [0.5, 0.6) is 0 Å². The van der Waals surface area contributed by atoms with E-state index in [-0.39, 0.29) is 5.91 Å². The van der Waals surface area contributed by atoms with Gasteiger partial charge < -0.3 is 16.4 Å². The number of hydrogen-bond acceptors (Lipinski definition) is 3. The molecule has 0 radical (unpaired) electrons. The van der Waals surface area contributed by atoms with Gasteiger partial charge in [0, 0.05) is 25.6 Å². The molecule has 1 amide bonds. The molecule has 1 atom stereocenters. The summed E-state index contributed by atoms with van der Waals surface area (Å²) in [6.45, 7) is 2.69. The molecule has 1 fully saturated rings. The fourth-order valence-corrected chi connectivity index (χ4v) is 1.33. The summed E-state index contributed by atoms with van der Waals surface area (Å²) in [6.07, 6.45) is 1.49. The molecule has 1 aliphatic rings. The van der Waals surface area contributed by atoms with Crippen molar-refractivity contribution in [3.63, 3.8) is 0 Å². The minimum Gasteiger partial charge on any atom is -0.370 e. The highest BCUT2D eigenvalue weighted by molar-refractivity contribution is 5.73. The van der Waals surface area contributed by atoms with Crippen molar-refractivity contribution in [3.05, 3.63) is 0 Å². The number of primary amides is 1. The summed E-state index contributed by atoms with van der Waals surface area (Å²) < 4.78 is 0. The van der Waals surface area contributed by atoms with E-state index in [1.54, 1.807) is 0 Å². The van der Waals surface area contributed by atoms with Gasteiger partial charge in [-0.2, -0.15) is 0 Å². The minimum atomic E-state index is -0.231. The van der Waals surface area contributed by atoms with Crippen LogP contribution in [0.15, 0.2) is 0 Å². The molecule has 0 unspecified atom stereocenters. The average Bonchev–Trinajstić information content (AvgIpc) is 2.31. The number of rotatable bonds is 3. The van der Waals surface area contributed by atoms with E-state index in [1.165, 1.54) is 0 Å². The van der Waals surface area contributed by atoms with Crippen LogP contribution in [0.25, 0.3) is 0 Å². The van der Waals surface area contributed by atoms with Crippen molar-refractivity contribution >= 4 is 5.91 Å². The van der Waals surface area contributed by atoms with Gasteiger partial charge in [-0.3, -0.25) is 4.79 Å². The molecular formula is C7H15N3O. The van der Waals surface area contributed by atoms with Crippen LogP contribution in [-0.4, -0.2) is 36.5 Å². The second-order valence-electron chi connectivity index (χ2n) is 3.07. The van der Waals surface area contributed by atoms with Gasteiger partial charge in [0.1, 0.15) is 0 Å². The zero-order chi connectivity index (χ0) is 8.27. The molecular weight excluding hydrogens is 142 g/mol. The first-order valence-corrected chi connectivity index (χ1v) is 3.94. The number of nitrogens with zero attached hydrogens (tertiary/aromatic N) is 1. The van der Waals surface area contributed by atoms with Crippen molar-refractivity contribution in [2.75, 3.05) is 19.6 Å². The second-order valence-corrected chi connectivity index (χ2v) is 3.07. The number of nitrogens with two attached hydrogens (primary N) is 2. The molecule has 0 saturated carbocycles. The standard InChI is InChI=1S/C7H15N3O/c8-6-1-3-10(5-6)4-2-7(9)11/h6H,1-5,8H2,(H2,9,11)/t6-/m1/s1. The lowest BCUT2D eigenvalue weighted by atomic mass is 10.3. The number of hydrogen-bond donors (Lipinski definition) is 2. The van der Waals surface area contributed by atoms with E-state index in [0.717, 1.165) is 26.1 Å². The summed E-state index contributed by atoms with van der Waals surface area (Å²) >= 11 is 0. The van der Waals surface area contributed by atoms with Crippen LogP contribution in [0.1, 0.15) is 12.8 Å². The molecule has 4 nitrogen and oxygen atoms in total.